The maximum Gasteiger partial charge on any atom is 0.280 e. The lowest BCUT2D eigenvalue weighted by Crippen LogP contribution is -2.15. The molecule has 2 bridgehead atoms. The molecular weight excluding hydrogens is 246 g/mol. The van der Waals surface area contributed by atoms with Gasteiger partial charge in [0.1, 0.15) is 0 Å². The van der Waals surface area contributed by atoms with Crippen LogP contribution in [0.5, 0.6) is 0 Å². The lowest BCUT2D eigenvalue weighted by Gasteiger charge is -2.13. The van der Waals surface area contributed by atoms with E-state index < -0.39 is 0 Å². The number of nitrogens with two attached hydrogens (primary N) is 1. The highest BCUT2D eigenvalue weighted by Crippen LogP contribution is 2.43. The SMILES string of the molecule is Nc1nccnc1-c1nc(C2CC3CCC2O3)no1. The van der Waals surface area contributed by atoms with Gasteiger partial charge in [-0.2, -0.15) is 4.98 Å². The molecular formula is C12H13N5O2. The van der Waals surface area contributed by atoms with Gasteiger partial charge >= 0.3 is 0 Å². The number of hydrogen-bond donors (Lipinski definition) is 1. The Balaban J connectivity index is 1.65. The molecule has 2 aliphatic heterocycles. The lowest BCUT2D eigenvalue weighted by atomic mass is 9.89. The number of hydrogen-bond acceptors (Lipinski definition) is 7. The van der Waals surface area contributed by atoms with Gasteiger partial charge in [0.15, 0.2) is 17.3 Å². The molecule has 7 heteroatoms. The Labute approximate surface area is 109 Å². The molecule has 2 aliphatic rings. The van der Waals surface area contributed by atoms with Crippen molar-refractivity contribution in [1.82, 2.24) is 20.1 Å². The first-order valence-corrected chi connectivity index (χ1v) is 6.37. The van der Waals surface area contributed by atoms with Crippen molar-refractivity contribution >= 4 is 5.82 Å². The molecule has 2 saturated heterocycles. The van der Waals surface area contributed by atoms with Crippen LogP contribution in [0.25, 0.3) is 11.6 Å². The Kier molecular flexibility index (Phi) is 2.28. The van der Waals surface area contributed by atoms with Crippen LogP contribution in [-0.2, 0) is 4.74 Å². The Morgan fingerprint density at radius 3 is 2.84 bits per heavy atom. The molecule has 2 N–H and O–H groups in total. The van der Waals surface area contributed by atoms with Crippen LogP contribution >= 0.6 is 0 Å². The molecule has 2 fully saturated rings. The topological polar surface area (TPSA) is 100.0 Å². The summed E-state index contributed by atoms with van der Waals surface area (Å²) in [6, 6.07) is 0. The van der Waals surface area contributed by atoms with E-state index in [9.17, 15) is 0 Å². The average Bonchev–Trinajstić information content (AvgIpc) is 3.15. The summed E-state index contributed by atoms with van der Waals surface area (Å²) in [6.45, 7) is 0. The van der Waals surface area contributed by atoms with Crippen molar-refractivity contribution in [3.8, 4) is 11.6 Å². The van der Waals surface area contributed by atoms with E-state index in [-0.39, 0.29) is 12.0 Å². The van der Waals surface area contributed by atoms with Gasteiger partial charge in [-0.1, -0.05) is 5.16 Å². The van der Waals surface area contributed by atoms with Crippen LogP contribution in [0, 0.1) is 0 Å². The van der Waals surface area contributed by atoms with E-state index in [1.54, 1.807) is 6.20 Å². The van der Waals surface area contributed by atoms with Crippen molar-refractivity contribution in [3.05, 3.63) is 18.2 Å². The van der Waals surface area contributed by atoms with Crippen LogP contribution in [0.1, 0.15) is 31.0 Å². The highest BCUT2D eigenvalue weighted by Gasteiger charge is 2.43. The predicted octanol–water partition coefficient (Wildman–Crippen LogP) is 1.14. The third-order valence-electron chi connectivity index (χ3n) is 3.81. The molecule has 98 valence electrons. The zero-order valence-electron chi connectivity index (χ0n) is 10.2. The van der Waals surface area contributed by atoms with Crippen molar-refractivity contribution in [2.75, 3.05) is 5.73 Å². The summed E-state index contributed by atoms with van der Waals surface area (Å²) in [4.78, 5) is 12.5. The molecule has 0 aromatic carbocycles. The van der Waals surface area contributed by atoms with Gasteiger partial charge in [-0.3, -0.25) is 0 Å². The molecule has 2 aromatic rings. The van der Waals surface area contributed by atoms with Crippen molar-refractivity contribution in [2.45, 2.75) is 37.4 Å². The minimum absolute atomic E-state index is 0.231. The number of fused-ring (bicyclic) bond motifs is 2. The second kappa shape index (κ2) is 3.99. The van der Waals surface area contributed by atoms with Gasteiger partial charge in [-0.15, -0.1) is 0 Å². The van der Waals surface area contributed by atoms with E-state index in [4.69, 9.17) is 15.0 Å². The maximum absolute atomic E-state index is 5.80. The van der Waals surface area contributed by atoms with Crippen LogP contribution in [0.3, 0.4) is 0 Å². The van der Waals surface area contributed by atoms with Crippen LogP contribution in [-0.4, -0.2) is 32.3 Å². The summed E-state index contributed by atoms with van der Waals surface area (Å²) in [5, 5.41) is 4.04. The van der Waals surface area contributed by atoms with E-state index in [2.05, 4.69) is 20.1 Å². The zero-order valence-corrected chi connectivity index (χ0v) is 10.2. The highest BCUT2D eigenvalue weighted by atomic mass is 16.5. The van der Waals surface area contributed by atoms with E-state index in [1.807, 2.05) is 0 Å². The van der Waals surface area contributed by atoms with Gasteiger partial charge < -0.3 is 15.0 Å². The molecule has 0 saturated carbocycles. The van der Waals surface area contributed by atoms with Crippen molar-refractivity contribution in [1.29, 1.82) is 0 Å². The number of anilines is 1. The Morgan fingerprint density at radius 2 is 2.11 bits per heavy atom. The first-order chi connectivity index (χ1) is 9.31. The lowest BCUT2D eigenvalue weighted by molar-refractivity contribution is 0.0996. The first kappa shape index (κ1) is 10.9. The zero-order chi connectivity index (χ0) is 12.8. The number of rotatable bonds is 2. The quantitative estimate of drug-likeness (QED) is 0.863. The third-order valence-corrected chi connectivity index (χ3v) is 3.81. The molecule has 19 heavy (non-hydrogen) atoms. The maximum atomic E-state index is 5.80. The number of aromatic nitrogens is 4. The Bertz CT molecular complexity index is 614. The summed E-state index contributed by atoms with van der Waals surface area (Å²) in [6.07, 6.45) is 6.86. The number of ether oxygens (including phenoxy) is 1. The normalized spacial score (nSPS) is 28.9. The third kappa shape index (κ3) is 1.69. The molecule has 7 nitrogen and oxygen atoms in total. The Morgan fingerprint density at radius 1 is 1.21 bits per heavy atom. The minimum Gasteiger partial charge on any atom is -0.382 e. The largest absolute Gasteiger partial charge is 0.382 e. The highest BCUT2D eigenvalue weighted by molar-refractivity contribution is 5.61. The summed E-state index contributed by atoms with van der Waals surface area (Å²) < 4.78 is 11.1. The predicted molar refractivity (Wildman–Crippen MR) is 65.0 cm³/mol. The summed E-state index contributed by atoms with van der Waals surface area (Å²) >= 11 is 0. The van der Waals surface area contributed by atoms with E-state index >= 15 is 0 Å². The smallest absolute Gasteiger partial charge is 0.280 e. The average molecular weight is 259 g/mol. The summed E-state index contributed by atoms with van der Waals surface area (Å²) in [7, 11) is 0. The standard InChI is InChI=1S/C12H13N5O2/c13-10-9(14-3-4-15-10)12-16-11(17-19-12)7-5-6-1-2-8(7)18-6/h3-4,6-8H,1-2,5H2,(H2,13,15). The fraction of sp³-hybridized carbons (Fsp3) is 0.500. The van der Waals surface area contributed by atoms with Crippen LogP contribution in [0.15, 0.2) is 16.9 Å². The molecule has 4 heterocycles. The second-order valence-corrected chi connectivity index (χ2v) is 4.96. The molecule has 3 unspecified atom stereocenters. The molecule has 2 aromatic heterocycles. The van der Waals surface area contributed by atoms with Gasteiger partial charge in [0.2, 0.25) is 0 Å². The van der Waals surface area contributed by atoms with E-state index in [0.717, 1.165) is 19.3 Å². The first-order valence-electron chi connectivity index (χ1n) is 6.37. The number of nitrogens with zero attached hydrogens (tertiary/aromatic N) is 4. The van der Waals surface area contributed by atoms with E-state index in [0.29, 0.717) is 29.3 Å². The van der Waals surface area contributed by atoms with Crippen molar-refractivity contribution in [2.24, 2.45) is 0 Å². The fourth-order valence-corrected chi connectivity index (χ4v) is 2.90. The van der Waals surface area contributed by atoms with Crippen LogP contribution in [0.4, 0.5) is 5.82 Å². The fourth-order valence-electron chi connectivity index (χ4n) is 2.90. The summed E-state index contributed by atoms with van der Waals surface area (Å²) in [5.74, 6) is 1.53. The minimum atomic E-state index is 0.231. The van der Waals surface area contributed by atoms with E-state index in [1.165, 1.54) is 6.20 Å². The molecule has 0 radical (unpaired) electrons. The second-order valence-electron chi connectivity index (χ2n) is 4.96. The van der Waals surface area contributed by atoms with Gasteiger partial charge in [-0.25, -0.2) is 9.97 Å². The molecule has 4 rings (SSSR count). The van der Waals surface area contributed by atoms with Gasteiger partial charge in [0.05, 0.1) is 18.1 Å². The van der Waals surface area contributed by atoms with Gasteiger partial charge in [0.25, 0.3) is 5.89 Å². The van der Waals surface area contributed by atoms with Crippen LogP contribution in [0.2, 0.25) is 0 Å². The summed E-state index contributed by atoms with van der Waals surface area (Å²) in [5.41, 5.74) is 6.19. The Hall–Kier alpha value is -2.02. The van der Waals surface area contributed by atoms with Crippen molar-refractivity contribution in [3.63, 3.8) is 0 Å². The monoisotopic (exact) mass is 259 g/mol. The molecule has 0 amide bonds. The molecule has 0 spiro atoms. The van der Waals surface area contributed by atoms with Crippen molar-refractivity contribution < 1.29 is 9.26 Å². The van der Waals surface area contributed by atoms with Crippen LogP contribution < -0.4 is 5.73 Å². The molecule has 0 aliphatic carbocycles. The van der Waals surface area contributed by atoms with Gasteiger partial charge in [0, 0.05) is 12.4 Å². The molecule has 3 atom stereocenters. The number of nitrogen functional groups attached to an aromatic ring is 1. The van der Waals surface area contributed by atoms with Gasteiger partial charge in [-0.05, 0) is 19.3 Å².